The van der Waals surface area contributed by atoms with Gasteiger partial charge in [-0.3, -0.25) is 14.3 Å². The van der Waals surface area contributed by atoms with Crippen molar-refractivity contribution < 1.29 is 32.2 Å². The number of nitrogens with two attached hydrogens (primary N) is 1. The number of sulfonamides is 1. The minimum atomic E-state index is -3.39. The molecular formula is C19H23N3O7S. The molecule has 30 heavy (non-hydrogen) atoms. The molecule has 2 rings (SSSR count). The van der Waals surface area contributed by atoms with E-state index in [0.717, 1.165) is 0 Å². The smallest absolute Gasteiger partial charge is 0.255 e. The zero-order chi connectivity index (χ0) is 22.3. The standard InChI is InChI=1S/C19H23N3O7S/c1-4-30(25,26)22-14-7-5-13(6-8-14)21-19(24)12-9-15(27-2)18(16(10-12)28-3)29-11-17(20)23/h5-10,22H,4,11H2,1-3H3,(H2,20,23)(H,21,24). The third-order valence-corrected chi connectivity index (χ3v) is 5.18. The molecule has 162 valence electrons. The van der Waals surface area contributed by atoms with Gasteiger partial charge in [0.25, 0.3) is 11.8 Å². The van der Waals surface area contributed by atoms with Crippen molar-refractivity contribution in [2.24, 2.45) is 5.73 Å². The fourth-order valence-corrected chi connectivity index (χ4v) is 3.01. The molecular weight excluding hydrogens is 414 g/mol. The van der Waals surface area contributed by atoms with Crippen LogP contribution in [0.3, 0.4) is 0 Å². The van der Waals surface area contributed by atoms with Gasteiger partial charge in [-0.25, -0.2) is 8.42 Å². The van der Waals surface area contributed by atoms with E-state index in [1.807, 2.05) is 0 Å². The van der Waals surface area contributed by atoms with E-state index in [0.29, 0.717) is 11.4 Å². The van der Waals surface area contributed by atoms with Crippen LogP contribution >= 0.6 is 0 Å². The molecule has 4 N–H and O–H groups in total. The number of rotatable bonds is 10. The third kappa shape index (κ3) is 6.01. The summed E-state index contributed by atoms with van der Waals surface area (Å²) in [5.74, 6) is -0.674. The Morgan fingerprint density at radius 1 is 1.00 bits per heavy atom. The molecule has 2 aromatic carbocycles. The quantitative estimate of drug-likeness (QED) is 0.511. The monoisotopic (exact) mass is 437 g/mol. The average Bonchev–Trinajstić information content (AvgIpc) is 2.72. The summed E-state index contributed by atoms with van der Waals surface area (Å²) in [7, 11) is -0.630. The normalized spacial score (nSPS) is 10.8. The molecule has 2 aromatic rings. The number of carbonyl (C=O) groups is 2. The number of hydrogen-bond acceptors (Lipinski definition) is 7. The van der Waals surface area contributed by atoms with E-state index in [4.69, 9.17) is 19.9 Å². The minimum Gasteiger partial charge on any atom is -0.493 e. The van der Waals surface area contributed by atoms with Gasteiger partial charge < -0.3 is 25.3 Å². The van der Waals surface area contributed by atoms with Gasteiger partial charge in [-0.2, -0.15) is 0 Å². The molecule has 0 aliphatic rings. The summed E-state index contributed by atoms with van der Waals surface area (Å²) in [5, 5.41) is 2.69. The molecule has 0 bridgehead atoms. The lowest BCUT2D eigenvalue weighted by Gasteiger charge is -2.15. The van der Waals surface area contributed by atoms with E-state index >= 15 is 0 Å². The van der Waals surface area contributed by atoms with Gasteiger partial charge in [0, 0.05) is 16.9 Å². The molecule has 0 heterocycles. The third-order valence-electron chi connectivity index (χ3n) is 3.88. The van der Waals surface area contributed by atoms with Crippen molar-refractivity contribution in [3.63, 3.8) is 0 Å². The Kier molecular flexibility index (Phi) is 7.48. The molecule has 0 aromatic heterocycles. The molecule has 0 atom stereocenters. The fraction of sp³-hybridized carbons (Fsp3) is 0.263. The van der Waals surface area contributed by atoms with Crippen LogP contribution in [0.15, 0.2) is 36.4 Å². The van der Waals surface area contributed by atoms with E-state index in [1.165, 1.54) is 45.4 Å². The molecule has 0 radical (unpaired) electrons. The number of nitrogens with one attached hydrogen (secondary N) is 2. The maximum Gasteiger partial charge on any atom is 0.255 e. The van der Waals surface area contributed by atoms with Crippen molar-refractivity contribution in [1.82, 2.24) is 0 Å². The minimum absolute atomic E-state index is 0.0473. The van der Waals surface area contributed by atoms with Crippen LogP contribution in [-0.2, 0) is 14.8 Å². The van der Waals surface area contributed by atoms with Crippen molar-refractivity contribution in [3.05, 3.63) is 42.0 Å². The van der Waals surface area contributed by atoms with Crippen molar-refractivity contribution in [1.29, 1.82) is 0 Å². The van der Waals surface area contributed by atoms with Crippen LogP contribution in [-0.4, -0.2) is 46.8 Å². The molecule has 0 aliphatic carbocycles. The summed E-state index contributed by atoms with van der Waals surface area (Å²) < 4.78 is 41.4. The van der Waals surface area contributed by atoms with Crippen LogP contribution in [0.25, 0.3) is 0 Å². The number of benzene rings is 2. The largest absolute Gasteiger partial charge is 0.493 e. The van der Waals surface area contributed by atoms with Gasteiger partial charge in [0.2, 0.25) is 15.8 Å². The molecule has 2 amide bonds. The van der Waals surface area contributed by atoms with Gasteiger partial charge in [0.05, 0.1) is 20.0 Å². The summed E-state index contributed by atoms with van der Waals surface area (Å²) in [6, 6.07) is 9.04. The molecule has 0 aliphatic heterocycles. The summed E-state index contributed by atoms with van der Waals surface area (Å²) in [4.78, 5) is 23.6. The second-order valence-corrected chi connectivity index (χ2v) is 8.01. The summed E-state index contributed by atoms with van der Waals surface area (Å²) in [5.41, 5.74) is 6.14. The average molecular weight is 437 g/mol. The van der Waals surface area contributed by atoms with Crippen molar-refractivity contribution >= 4 is 33.2 Å². The zero-order valence-corrected chi connectivity index (χ0v) is 17.5. The van der Waals surface area contributed by atoms with Gasteiger partial charge in [0.15, 0.2) is 18.1 Å². The summed E-state index contributed by atoms with van der Waals surface area (Å²) in [6.45, 7) is 1.15. The summed E-state index contributed by atoms with van der Waals surface area (Å²) in [6.07, 6.45) is 0. The van der Waals surface area contributed by atoms with E-state index in [2.05, 4.69) is 10.0 Å². The number of methoxy groups -OCH3 is 2. The van der Waals surface area contributed by atoms with Crippen LogP contribution in [0.5, 0.6) is 17.2 Å². The fourth-order valence-electron chi connectivity index (χ4n) is 2.37. The highest BCUT2D eigenvalue weighted by Crippen LogP contribution is 2.38. The number of hydrogen-bond donors (Lipinski definition) is 3. The second-order valence-electron chi connectivity index (χ2n) is 6.00. The molecule has 0 fully saturated rings. The highest BCUT2D eigenvalue weighted by molar-refractivity contribution is 7.92. The molecule has 11 heteroatoms. The lowest BCUT2D eigenvalue weighted by Crippen LogP contribution is -2.20. The molecule has 10 nitrogen and oxygen atoms in total. The Morgan fingerprint density at radius 3 is 2.00 bits per heavy atom. The van der Waals surface area contributed by atoms with Gasteiger partial charge in [-0.1, -0.05) is 0 Å². The Hall–Kier alpha value is -3.47. The number of anilines is 2. The lowest BCUT2D eigenvalue weighted by molar-refractivity contribution is -0.120. The molecule has 0 saturated carbocycles. The molecule has 0 spiro atoms. The van der Waals surface area contributed by atoms with Crippen molar-refractivity contribution in [2.75, 3.05) is 36.6 Å². The first kappa shape index (κ1) is 22.8. The van der Waals surface area contributed by atoms with Crippen LogP contribution in [0.2, 0.25) is 0 Å². The number of primary amides is 1. The SMILES string of the molecule is CCS(=O)(=O)Nc1ccc(NC(=O)c2cc(OC)c(OCC(N)=O)c(OC)c2)cc1. The van der Waals surface area contributed by atoms with Crippen LogP contribution in [0.4, 0.5) is 11.4 Å². The Balaban J connectivity index is 2.21. The van der Waals surface area contributed by atoms with E-state index in [9.17, 15) is 18.0 Å². The van der Waals surface area contributed by atoms with E-state index in [-0.39, 0.29) is 35.2 Å². The van der Waals surface area contributed by atoms with Crippen LogP contribution < -0.4 is 30.0 Å². The van der Waals surface area contributed by atoms with E-state index in [1.54, 1.807) is 12.1 Å². The van der Waals surface area contributed by atoms with Gasteiger partial charge in [0.1, 0.15) is 0 Å². The second kappa shape index (κ2) is 9.83. The Morgan fingerprint density at radius 2 is 1.53 bits per heavy atom. The lowest BCUT2D eigenvalue weighted by atomic mass is 10.1. The summed E-state index contributed by atoms with van der Waals surface area (Å²) >= 11 is 0. The van der Waals surface area contributed by atoms with Gasteiger partial charge >= 0.3 is 0 Å². The molecule has 0 saturated heterocycles. The zero-order valence-electron chi connectivity index (χ0n) is 16.7. The first-order valence-corrected chi connectivity index (χ1v) is 10.4. The number of carbonyl (C=O) groups excluding carboxylic acids is 2. The topological polar surface area (TPSA) is 146 Å². The predicted molar refractivity (Wildman–Crippen MR) is 112 cm³/mol. The van der Waals surface area contributed by atoms with E-state index < -0.39 is 21.8 Å². The highest BCUT2D eigenvalue weighted by Gasteiger charge is 2.18. The van der Waals surface area contributed by atoms with Gasteiger partial charge in [-0.05, 0) is 43.3 Å². The van der Waals surface area contributed by atoms with Crippen molar-refractivity contribution in [3.8, 4) is 17.2 Å². The van der Waals surface area contributed by atoms with Crippen LogP contribution in [0, 0.1) is 0 Å². The number of ether oxygens (including phenoxy) is 3. The van der Waals surface area contributed by atoms with Gasteiger partial charge in [-0.15, -0.1) is 0 Å². The number of amides is 2. The van der Waals surface area contributed by atoms with Crippen LogP contribution in [0.1, 0.15) is 17.3 Å². The predicted octanol–water partition coefficient (Wildman–Crippen LogP) is 1.58. The Bertz CT molecular complexity index is 996. The first-order chi connectivity index (χ1) is 14.2. The maximum absolute atomic E-state index is 12.6. The first-order valence-electron chi connectivity index (χ1n) is 8.78. The molecule has 0 unspecified atom stereocenters. The highest BCUT2D eigenvalue weighted by atomic mass is 32.2. The maximum atomic E-state index is 12.6. The van der Waals surface area contributed by atoms with Crippen molar-refractivity contribution in [2.45, 2.75) is 6.92 Å². The Labute approximate surface area is 174 Å².